The Labute approximate surface area is 137 Å². The first-order valence-corrected chi connectivity index (χ1v) is 8.49. The van der Waals surface area contributed by atoms with Gasteiger partial charge >= 0.3 is 0 Å². The fraction of sp³-hybridized carbons (Fsp3) is 0.350. The van der Waals surface area contributed by atoms with E-state index in [9.17, 15) is 4.79 Å². The lowest BCUT2D eigenvalue weighted by Crippen LogP contribution is -2.20. The molecule has 2 saturated carbocycles. The molecule has 2 N–H and O–H groups in total. The van der Waals surface area contributed by atoms with Crippen LogP contribution in [0, 0.1) is 5.92 Å². The highest BCUT2D eigenvalue weighted by molar-refractivity contribution is 6.04. The number of rotatable bonds is 6. The molecule has 2 atom stereocenters. The van der Waals surface area contributed by atoms with Crippen LogP contribution in [0.2, 0.25) is 0 Å². The normalized spacial score (nSPS) is 22.6. The molecule has 23 heavy (non-hydrogen) atoms. The maximum atomic E-state index is 12.2. The minimum Gasteiger partial charge on any atom is -0.322 e. The van der Waals surface area contributed by atoms with Crippen LogP contribution in [0.1, 0.15) is 41.1 Å². The smallest absolute Gasteiger partial charge is 0.255 e. The van der Waals surface area contributed by atoms with E-state index in [0.717, 1.165) is 11.6 Å². The zero-order valence-corrected chi connectivity index (χ0v) is 13.2. The van der Waals surface area contributed by atoms with E-state index in [1.807, 2.05) is 42.5 Å². The molecule has 3 nitrogen and oxygen atoms in total. The average molecular weight is 306 g/mol. The Morgan fingerprint density at radius 2 is 1.87 bits per heavy atom. The molecule has 0 saturated heterocycles. The van der Waals surface area contributed by atoms with Gasteiger partial charge in [0.15, 0.2) is 0 Å². The Bertz CT molecular complexity index is 694. The second kappa shape index (κ2) is 6.17. The van der Waals surface area contributed by atoms with Crippen molar-refractivity contribution in [1.82, 2.24) is 5.32 Å². The third-order valence-electron chi connectivity index (χ3n) is 4.76. The standard InChI is InChI=1S/C20H22N2O/c23-20(15-5-2-1-3-6-15)22-17-8-4-7-16(11-17)18-12-19(18)21-13-14-9-10-14/h1-8,11,14,18-19,21H,9-10,12-13H2,(H,22,23). The number of nitrogens with one attached hydrogen (secondary N) is 2. The predicted octanol–water partition coefficient (Wildman–Crippen LogP) is 3.79. The lowest BCUT2D eigenvalue weighted by molar-refractivity contribution is 0.102. The lowest BCUT2D eigenvalue weighted by Gasteiger charge is -2.08. The summed E-state index contributed by atoms with van der Waals surface area (Å²) in [6.45, 7) is 1.17. The maximum absolute atomic E-state index is 12.2. The highest BCUT2D eigenvalue weighted by Crippen LogP contribution is 2.42. The summed E-state index contributed by atoms with van der Waals surface area (Å²) < 4.78 is 0. The highest BCUT2D eigenvalue weighted by Gasteiger charge is 2.39. The summed E-state index contributed by atoms with van der Waals surface area (Å²) in [7, 11) is 0. The summed E-state index contributed by atoms with van der Waals surface area (Å²) >= 11 is 0. The molecule has 0 radical (unpaired) electrons. The summed E-state index contributed by atoms with van der Waals surface area (Å²) in [4.78, 5) is 12.2. The molecule has 2 aromatic rings. The van der Waals surface area contributed by atoms with Gasteiger partial charge in [-0.3, -0.25) is 4.79 Å². The molecule has 2 aromatic carbocycles. The molecule has 0 aromatic heterocycles. The van der Waals surface area contributed by atoms with Gasteiger partial charge < -0.3 is 10.6 Å². The average Bonchev–Trinajstić information content (AvgIpc) is 3.48. The SMILES string of the molecule is O=C(Nc1cccc(C2CC2NCC2CC2)c1)c1ccccc1. The lowest BCUT2D eigenvalue weighted by atomic mass is 10.1. The van der Waals surface area contributed by atoms with E-state index in [-0.39, 0.29) is 5.91 Å². The number of carbonyl (C=O) groups is 1. The topological polar surface area (TPSA) is 41.1 Å². The van der Waals surface area contributed by atoms with Gasteiger partial charge in [-0.1, -0.05) is 30.3 Å². The van der Waals surface area contributed by atoms with Crippen LogP contribution in [0.3, 0.4) is 0 Å². The summed E-state index contributed by atoms with van der Waals surface area (Å²) in [5.41, 5.74) is 2.89. The van der Waals surface area contributed by atoms with Crippen LogP contribution < -0.4 is 10.6 Å². The first-order valence-electron chi connectivity index (χ1n) is 8.49. The molecule has 2 fully saturated rings. The van der Waals surface area contributed by atoms with Gasteiger partial charge in [-0.05, 0) is 61.6 Å². The van der Waals surface area contributed by atoms with Crippen molar-refractivity contribution in [3.63, 3.8) is 0 Å². The van der Waals surface area contributed by atoms with Crippen LogP contribution >= 0.6 is 0 Å². The second-order valence-corrected chi connectivity index (χ2v) is 6.75. The molecule has 2 aliphatic rings. The number of amides is 1. The molecule has 2 aliphatic carbocycles. The molecule has 2 unspecified atom stereocenters. The van der Waals surface area contributed by atoms with Crippen LogP contribution in [-0.4, -0.2) is 18.5 Å². The maximum Gasteiger partial charge on any atom is 0.255 e. The van der Waals surface area contributed by atoms with Crippen molar-refractivity contribution in [3.05, 3.63) is 65.7 Å². The summed E-state index contributed by atoms with van der Waals surface area (Å²) in [6, 6.07) is 18.2. The van der Waals surface area contributed by atoms with E-state index in [1.54, 1.807) is 0 Å². The minimum atomic E-state index is -0.0537. The van der Waals surface area contributed by atoms with Crippen molar-refractivity contribution in [2.45, 2.75) is 31.2 Å². The van der Waals surface area contributed by atoms with Crippen LogP contribution in [-0.2, 0) is 0 Å². The Kier molecular flexibility index (Phi) is 3.88. The fourth-order valence-electron chi connectivity index (χ4n) is 3.07. The highest BCUT2D eigenvalue weighted by atomic mass is 16.1. The van der Waals surface area contributed by atoms with Gasteiger partial charge in [0.2, 0.25) is 0 Å². The van der Waals surface area contributed by atoms with Gasteiger partial charge in [0.05, 0.1) is 0 Å². The van der Waals surface area contributed by atoms with E-state index in [0.29, 0.717) is 17.5 Å². The quantitative estimate of drug-likeness (QED) is 0.852. The van der Waals surface area contributed by atoms with Gasteiger partial charge in [-0.15, -0.1) is 0 Å². The molecular formula is C20H22N2O. The van der Waals surface area contributed by atoms with Crippen molar-refractivity contribution in [2.24, 2.45) is 5.92 Å². The number of benzene rings is 2. The van der Waals surface area contributed by atoms with Gasteiger partial charge in [0.1, 0.15) is 0 Å². The van der Waals surface area contributed by atoms with Crippen LogP contribution in [0.15, 0.2) is 54.6 Å². The van der Waals surface area contributed by atoms with E-state index >= 15 is 0 Å². The van der Waals surface area contributed by atoms with Gasteiger partial charge in [-0.25, -0.2) is 0 Å². The molecule has 0 heterocycles. The zero-order chi connectivity index (χ0) is 15.6. The molecular weight excluding hydrogens is 284 g/mol. The number of anilines is 1. The molecule has 0 spiro atoms. The predicted molar refractivity (Wildman–Crippen MR) is 92.7 cm³/mol. The van der Waals surface area contributed by atoms with Crippen molar-refractivity contribution in [2.75, 3.05) is 11.9 Å². The van der Waals surface area contributed by atoms with Gasteiger partial charge in [-0.2, -0.15) is 0 Å². The molecule has 4 rings (SSSR count). The molecule has 118 valence electrons. The molecule has 3 heteroatoms. The third kappa shape index (κ3) is 3.62. The van der Waals surface area contributed by atoms with E-state index < -0.39 is 0 Å². The van der Waals surface area contributed by atoms with Crippen molar-refractivity contribution >= 4 is 11.6 Å². The Morgan fingerprint density at radius 1 is 1.04 bits per heavy atom. The molecule has 1 amide bonds. The van der Waals surface area contributed by atoms with E-state index in [1.165, 1.54) is 31.4 Å². The van der Waals surface area contributed by atoms with Crippen LogP contribution in [0.25, 0.3) is 0 Å². The summed E-state index contributed by atoms with van der Waals surface area (Å²) in [5.74, 6) is 1.47. The first kappa shape index (κ1) is 14.5. The minimum absolute atomic E-state index is 0.0537. The fourth-order valence-corrected chi connectivity index (χ4v) is 3.07. The number of hydrogen-bond acceptors (Lipinski definition) is 2. The number of hydrogen-bond donors (Lipinski definition) is 2. The van der Waals surface area contributed by atoms with Crippen molar-refractivity contribution < 1.29 is 4.79 Å². The van der Waals surface area contributed by atoms with E-state index in [4.69, 9.17) is 0 Å². The van der Waals surface area contributed by atoms with Gasteiger partial charge in [0, 0.05) is 23.2 Å². The third-order valence-corrected chi connectivity index (χ3v) is 4.76. The second-order valence-electron chi connectivity index (χ2n) is 6.75. The van der Waals surface area contributed by atoms with Crippen LogP contribution in [0.5, 0.6) is 0 Å². The number of carbonyl (C=O) groups excluding carboxylic acids is 1. The summed E-state index contributed by atoms with van der Waals surface area (Å²) in [6.07, 6.45) is 4.00. The summed E-state index contributed by atoms with van der Waals surface area (Å²) in [5, 5.41) is 6.66. The zero-order valence-electron chi connectivity index (χ0n) is 13.2. The Balaban J connectivity index is 1.38. The van der Waals surface area contributed by atoms with Gasteiger partial charge in [0.25, 0.3) is 5.91 Å². The van der Waals surface area contributed by atoms with E-state index in [2.05, 4.69) is 22.8 Å². The Morgan fingerprint density at radius 3 is 2.65 bits per heavy atom. The molecule has 0 bridgehead atoms. The van der Waals surface area contributed by atoms with Crippen LogP contribution in [0.4, 0.5) is 5.69 Å². The molecule has 0 aliphatic heterocycles. The largest absolute Gasteiger partial charge is 0.322 e. The first-order chi connectivity index (χ1) is 11.3. The Hall–Kier alpha value is -2.13. The van der Waals surface area contributed by atoms with Crippen molar-refractivity contribution in [1.29, 1.82) is 0 Å². The van der Waals surface area contributed by atoms with Crippen molar-refractivity contribution in [3.8, 4) is 0 Å². The monoisotopic (exact) mass is 306 g/mol.